The van der Waals surface area contributed by atoms with Gasteiger partial charge in [-0.25, -0.2) is 4.79 Å². The highest BCUT2D eigenvalue weighted by molar-refractivity contribution is 5.87. The first-order valence-electron chi connectivity index (χ1n) is 18.0. The van der Waals surface area contributed by atoms with Crippen molar-refractivity contribution in [1.29, 1.82) is 0 Å². The highest BCUT2D eigenvalue weighted by Gasteiger charge is 2.37. The van der Waals surface area contributed by atoms with Gasteiger partial charge in [0.25, 0.3) is 0 Å². The van der Waals surface area contributed by atoms with Crippen LogP contribution in [0.25, 0.3) is 0 Å². The average Bonchev–Trinajstić information content (AvgIpc) is 3.54. The predicted molar refractivity (Wildman–Crippen MR) is 196 cm³/mol. The number of rotatable bonds is 18. The van der Waals surface area contributed by atoms with Gasteiger partial charge in [0.05, 0.1) is 12.6 Å². The molecule has 274 valence electrons. The summed E-state index contributed by atoms with van der Waals surface area (Å²) in [5, 5.41) is 6.15. The van der Waals surface area contributed by atoms with Gasteiger partial charge in [-0.1, -0.05) is 84.9 Å². The van der Waals surface area contributed by atoms with E-state index in [2.05, 4.69) is 22.8 Å². The Balaban J connectivity index is 1.49. The van der Waals surface area contributed by atoms with Crippen LogP contribution in [0.5, 0.6) is 0 Å². The van der Waals surface area contributed by atoms with Crippen LogP contribution in [0, 0.1) is 0 Å². The highest BCUT2D eigenvalue weighted by atomic mass is 16.6. The van der Waals surface area contributed by atoms with E-state index in [0.717, 1.165) is 22.3 Å². The van der Waals surface area contributed by atoms with Crippen LogP contribution in [0.3, 0.4) is 0 Å². The summed E-state index contributed by atoms with van der Waals surface area (Å²) < 4.78 is 16.5. The van der Waals surface area contributed by atoms with Crippen LogP contribution >= 0.6 is 0 Å². The second-order valence-corrected chi connectivity index (χ2v) is 13.9. The smallest absolute Gasteiger partial charge is 0.407 e. The number of carbonyl (C=O) groups excluding carboxylic acids is 4. The van der Waals surface area contributed by atoms with Gasteiger partial charge in [0.1, 0.15) is 24.8 Å². The molecule has 3 aromatic carbocycles. The topological polar surface area (TPSA) is 123 Å². The van der Waals surface area contributed by atoms with Crippen molar-refractivity contribution in [1.82, 2.24) is 15.5 Å². The molecule has 10 nitrogen and oxygen atoms in total. The number of unbranched alkanes of at least 4 members (excludes halogenated alkanes) is 1. The first kappa shape index (κ1) is 39.1. The van der Waals surface area contributed by atoms with E-state index in [1.165, 1.54) is 0 Å². The largest absolute Gasteiger partial charge is 0.465 e. The van der Waals surface area contributed by atoms with Gasteiger partial charge in [0, 0.05) is 12.6 Å². The summed E-state index contributed by atoms with van der Waals surface area (Å²) in [6.45, 7) is 7.67. The maximum atomic E-state index is 14.7. The molecule has 0 unspecified atom stereocenters. The molecule has 0 aromatic heterocycles. The van der Waals surface area contributed by atoms with Crippen LogP contribution in [0.2, 0.25) is 0 Å². The highest BCUT2D eigenvalue weighted by Crippen LogP contribution is 2.27. The molecule has 0 bridgehead atoms. The van der Waals surface area contributed by atoms with Gasteiger partial charge < -0.3 is 24.4 Å². The Labute approximate surface area is 302 Å². The summed E-state index contributed by atoms with van der Waals surface area (Å²) in [4.78, 5) is 55.2. The lowest BCUT2D eigenvalue weighted by Crippen LogP contribution is -2.56. The van der Waals surface area contributed by atoms with Crippen LogP contribution < -0.4 is 10.6 Å². The van der Waals surface area contributed by atoms with E-state index in [0.29, 0.717) is 51.5 Å². The summed E-state index contributed by atoms with van der Waals surface area (Å²) >= 11 is 0. The van der Waals surface area contributed by atoms with E-state index in [1.807, 2.05) is 72.8 Å². The lowest BCUT2D eigenvalue weighted by molar-refractivity contribution is -0.160. The number of fused-ring (bicyclic) bond motifs is 1. The van der Waals surface area contributed by atoms with Gasteiger partial charge in [-0.2, -0.15) is 0 Å². The van der Waals surface area contributed by atoms with Gasteiger partial charge >= 0.3 is 18.0 Å². The van der Waals surface area contributed by atoms with Gasteiger partial charge in [0.2, 0.25) is 5.91 Å². The van der Waals surface area contributed by atoms with E-state index in [1.54, 1.807) is 32.6 Å². The van der Waals surface area contributed by atoms with Crippen molar-refractivity contribution in [3.63, 3.8) is 0 Å². The van der Waals surface area contributed by atoms with Crippen molar-refractivity contribution in [2.45, 2.75) is 103 Å². The minimum absolute atomic E-state index is 0.171. The standard InChI is InChI=1S/C41H53N3O7/c1-5-49-39(47)36(24-23-30-16-8-6-9-17-30)43-35(22-14-15-25-42-40(48)50-29-31-18-10-7-11-19-31)38(46)44(28-37(45)51-41(2,3)4)34-26-32-20-12-13-21-33(32)27-34/h6-13,16-21,34-36,43H,5,14-15,22-29H2,1-4H3,(H,42,48)/t35-,36+/m0/s1. The number of aryl methyl sites for hydroxylation is 1. The van der Waals surface area contributed by atoms with Crippen molar-refractivity contribution in [2.75, 3.05) is 19.7 Å². The van der Waals surface area contributed by atoms with E-state index in [-0.39, 0.29) is 31.7 Å². The zero-order valence-electron chi connectivity index (χ0n) is 30.4. The molecule has 51 heavy (non-hydrogen) atoms. The second-order valence-electron chi connectivity index (χ2n) is 13.9. The number of esters is 2. The third kappa shape index (κ3) is 13.2. The molecule has 0 spiro atoms. The fourth-order valence-electron chi connectivity index (χ4n) is 6.28. The van der Waals surface area contributed by atoms with Gasteiger partial charge in [-0.15, -0.1) is 0 Å². The molecule has 1 aliphatic carbocycles. The molecule has 0 fully saturated rings. The molecule has 0 heterocycles. The predicted octanol–water partition coefficient (Wildman–Crippen LogP) is 5.94. The Bertz CT molecular complexity index is 1530. The molecule has 1 aliphatic rings. The number of hydrogen-bond donors (Lipinski definition) is 2. The summed E-state index contributed by atoms with van der Waals surface area (Å²) in [6, 6.07) is 25.6. The molecule has 2 amide bonds. The van der Waals surface area contributed by atoms with E-state index >= 15 is 0 Å². The quantitative estimate of drug-likeness (QED) is 0.0950. The van der Waals surface area contributed by atoms with Gasteiger partial charge in [-0.05, 0) is 94.9 Å². The Kier molecular flexibility index (Phi) is 15.0. The Morgan fingerprint density at radius 2 is 1.39 bits per heavy atom. The maximum Gasteiger partial charge on any atom is 0.407 e. The molecule has 2 N–H and O–H groups in total. The molecular weight excluding hydrogens is 646 g/mol. The molecule has 10 heteroatoms. The third-order valence-electron chi connectivity index (χ3n) is 8.71. The van der Waals surface area contributed by atoms with E-state index in [9.17, 15) is 19.2 Å². The monoisotopic (exact) mass is 699 g/mol. The van der Waals surface area contributed by atoms with Gasteiger partial charge in [-0.3, -0.25) is 19.7 Å². The Morgan fingerprint density at radius 1 is 0.784 bits per heavy atom. The second kappa shape index (κ2) is 19.6. The molecule has 2 atom stereocenters. The van der Waals surface area contributed by atoms with Crippen molar-refractivity contribution in [3.05, 3.63) is 107 Å². The van der Waals surface area contributed by atoms with Crippen molar-refractivity contribution in [2.24, 2.45) is 0 Å². The number of amides is 2. The summed E-state index contributed by atoms with van der Waals surface area (Å²) in [5.74, 6) is -1.20. The normalized spacial score (nSPS) is 13.8. The number of ether oxygens (including phenoxy) is 3. The van der Waals surface area contributed by atoms with E-state index in [4.69, 9.17) is 14.2 Å². The average molecular weight is 700 g/mol. The fraction of sp³-hybridized carbons (Fsp3) is 0.463. The molecule has 4 rings (SSSR count). The minimum Gasteiger partial charge on any atom is -0.465 e. The summed E-state index contributed by atoms with van der Waals surface area (Å²) in [6.07, 6.45) is 3.23. The van der Waals surface area contributed by atoms with Crippen molar-refractivity contribution < 1.29 is 33.4 Å². The molecular formula is C41H53N3O7. The molecule has 0 aliphatic heterocycles. The maximum absolute atomic E-state index is 14.7. The van der Waals surface area contributed by atoms with Crippen molar-refractivity contribution >= 4 is 23.9 Å². The Morgan fingerprint density at radius 3 is 2.00 bits per heavy atom. The summed E-state index contributed by atoms with van der Waals surface area (Å²) in [7, 11) is 0. The van der Waals surface area contributed by atoms with E-state index < -0.39 is 35.7 Å². The first-order chi connectivity index (χ1) is 24.5. The fourth-order valence-corrected chi connectivity index (χ4v) is 6.28. The van der Waals surface area contributed by atoms with Crippen LogP contribution in [0.15, 0.2) is 84.9 Å². The molecule has 3 aromatic rings. The molecule has 0 saturated carbocycles. The summed E-state index contributed by atoms with van der Waals surface area (Å²) in [5.41, 5.74) is 3.53. The Hall–Kier alpha value is -4.70. The van der Waals surface area contributed by atoms with Crippen LogP contribution in [0.1, 0.15) is 75.6 Å². The first-order valence-corrected chi connectivity index (χ1v) is 18.0. The van der Waals surface area contributed by atoms with Crippen LogP contribution in [-0.4, -0.2) is 72.3 Å². The van der Waals surface area contributed by atoms with Crippen LogP contribution in [-0.2, 0) is 54.5 Å². The third-order valence-corrected chi connectivity index (χ3v) is 8.71. The lowest BCUT2D eigenvalue weighted by atomic mass is 10.0. The minimum atomic E-state index is -0.800. The number of benzene rings is 3. The number of carbonyl (C=O) groups is 4. The van der Waals surface area contributed by atoms with Crippen molar-refractivity contribution in [3.8, 4) is 0 Å². The molecule has 0 saturated heterocycles. The number of hydrogen-bond acceptors (Lipinski definition) is 8. The molecule has 0 radical (unpaired) electrons. The zero-order valence-corrected chi connectivity index (χ0v) is 30.4. The van der Waals surface area contributed by atoms with Crippen LogP contribution in [0.4, 0.5) is 4.79 Å². The number of alkyl carbamates (subject to hydrolysis) is 1. The lowest BCUT2D eigenvalue weighted by Gasteiger charge is -2.34. The number of nitrogens with one attached hydrogen (secondary N) is 2. The van der Waals surface area contributed by atoms with Gasteiger partial charge in [0.15, 0.2) is 0 Å². The SMILES string of the molecule is CCOC(=O)[C@@H](CCc1ccccc1)N[C@@H](CCCCNC(=O)OCc1ccccc1)C(=O)N(CC(=O)OC(C)(C)C)C1Cc2ccccc2C1. The number of nitrogens with zero attached hydrogens (tertiary/aromatic N) is 1. The zero-order chi connectivity index (χ0) is 36.6.